The van der Waals surface area contributed by atoms with Gasteiger partial charge in [0.05, 0.1) is 4.90 Å². The third kappa shape index (κ3) is 3.10. The first kappa shape index (κ1) is 14.4. The maximum Gasteiger partial charge on any atom is 0.243 e. The molecule has 1 aliphatic rings. The van der Waals surface area contributed by atoms with Crippen LogP contribution >= 0.6 is 27.7 Å². The predicted octanol–water partition coefficient (Wildman–Crippen LogP) is 2.96. The number of nitrogens with zero attached hydrogens (tertiary/aromatic N) is 1. The van der Waals surface area contributed by atoms with E-state index in [4.69, 9.17) is 0 Å². The van der Waals surface area contributed by atoms with E-state index in [0.717, 1.165) is 4.47 Å². The summed E-state index contributed by atoms with van der Waals surface area (Å²) in [6.45, 7) is 5.32. The molecule has 0 bridgehead atoms. The average Bonchev–Trinajstić information content (AvgIpc) is 2.27. The molecule has 0 spiro atoms. The molecule has 2 unspecified atom stereocenters. The number of hydrogen-bond donors (Lipinski definition) is 0. The van der Waals surface area contributed by atoms with Crippen LogP contribution in [0.25, 0.3) is 0 Å². The zero-order valence-electron chi connectivity index (χ0n) is 10.3. The molecule has 1 fully saturated rings. The smallest absolute Gasteiger partial charge is 0.207 e. The maximum atomic E-state index is 12.5. The molecule has 1 heterocycles. The normalized spacial score (nSPS) is 26.2. The van der Waals surface area contributed by atoms with Gasteiger partial charge in [-0.15, -0.1) is 0 Å². The van der Waals surface area contributed by atoms with Crippen LogP contribution in [0.2, 0.25) is 0 Å². The second-order valence-electron chi connectivity index (χ2n) is 4.54. The fourth-order valence-corrected chi connectivity index (χ4v) is 5.83. The van der Waals surface area contributed by atoms with Crippen molar-refractivity contribution >= 4 is 37.7 Å². The van der Waals surface area contributed by atoms with Crippen LogP contribution in [0.15, 0.2) is 33.6 Å². The molecule has 3 nitrogen and oxygen atoms in total. The Balaban J connectivity index is 2.31. The van der Waals surface area contributed by atoms with E-state index in [2.05, 4.69) is 29.8 Å². The lowest BCUT2D eigenvalue weighted by Gasteiger charge is -2.33. The highest BCUT2D eigenvalue weighted by Crippen LogP contribution is 2.29. The monoisotopic (exact) mass is 349 g/mol. The summed E-state index contributed by atoms with van der Waals surface area (Å²) < 4.78 is 27.4. The van der Waals surface area contributed by atoms with Gasteiger partial charge in [0, 0.05) is 28.1 Å². The van der Waals surface area contributed by atoms with E-state index in [1.807, 2.05) is 17.8 Å². The molecular formula is C12H16BrNO2S2. The highest BCUT2D eigenvalue weighted by molar-refractivity contribution is 9.10. The van der Waals surface area contributed by atoms with Crippen molar-refractivity contribution in [1.82, 2.24) is 4.31 Å². The van der Waals surface area contributed by atoms with Gasteiger partial charge in [0.1, 0.15) is 0 Å². The Bertz CT molecular complexity index is 523. The van der Waals surface area contributed by atoms with Crippen molar-refractivity contribution < 1.29 is 8.42 Å². The summed E-state index contributed by atoms with van der Waals surface area (Å²) in [6, 6.07) is 6.89. The van der Waals surface area contributed by atoms with E-state index in [1.54, 1.807) is 22.5 Å². The molecule has 0 amide bonds. The van der Waals surface area contributed by atoms with Crippen LogP contribution in [0, 0.1) is 0 Å². The van der Waals surface area contributed by atoms with Gasteiger partial charge in [0.2, 0.25) is 10.0 Å². The highest BCUT2D eigenvalue weighted by Gasteiger charge is 2.31. The summed E-state index contributed by atoms with van der Waals surface area (Å²) in [7, 11) is -3.36. The molecule has 6 heteroatoms. The van der Waals surface area contributed by atoms with Crippen LogP contribution in [0.5, 0.6) is 0 Å². The van der Waals surface area contributed by atoms with Gasteiger partial charge in [-0.25, -0.2) is 8.42 Å². The van der Waals surface area contributed by atoms with Crippen LogP contribution in [0.3, 0.4) is 0 Å². The third-order valence-electron chi connectivity index (χ3n) is 2.82. The van der Waals surface area contributed by atoms with E-state index < -0.39 is 10.0 Å². The van der Waals surface area contributed by atoms with Gasteiger partial charge in [0.15, 0.2) is 0 Å². The number of sulfonamides is 1. The summed E-state index contributed by atoms with van der Waals surface area (Å²) in [5.74, 6) is 0. The number of hydrogen-bond acceptors (Lipinski definition) is 3. The van der Waals surface area contributed by atoms with E-state index in [-0.39, 0.29) is 0 Å². The quantitative estimate of drug-likeness (QED) is 0.823. The Hall–Kier alpha value is -0.0400. The Kier molecular flexibility index (Phi) is 4.41. The molecule has 0 N–H and O–H groups in total. The number of benzene rings is 1. The van der Waals surface area contributed by atoms with Gasteiger partial charge in [-0.1, -0.05) is 35.8 Å². The molecule has 18 heavy (non-hydrogen) atoms. The van der Waals surface area contributed by atoms with Gasteiger partial charge in [0.25, 0.3) is 0 Å². The predicted molar refractivity (Wildman–Crippen MR) is 79.4 cm³/mol. The van der Waals surface area contributed by atoms with E-state index in [0.29, 0.717) is 28.5 Å². The zero-order valence-corrected chi connectivity index (χ0v) is 13.6. The Morgan fingerprint density at radius 1 is 1.28 bits per heavy atom. The molecule has 2 rings (SSSR count). The third-order valence-corrected chi connectivity index (χ3v) is 6.37. The lowest BCUT2D eigenvalue weighted by atomic mass is 10.4. The minimum atomic E-state index is -3.36. The minimum absolute atomic E-state index is 0.343. The van der Waals surface area contributed by atoms with E-state index in [9.17, 15) is 8.42 Å². The molecule has 1 aromatic rings. The van der Waals surface area contributed by atoms with Crippen LogP contribution in [0.1, 0.15) is 13.8 Å². The topological polar surface area (TPSA) is 37.4 Å². The molecule has 0 aliphatic carbocycles. The fraction of sp³-hybridized carbons (Fsp3) is 0.500. The first-order valence-electron chi connectivity index (χ1n) is 5.81. The molecule has 0 saturated carbocycles. The van der Waals surface area contributed by atoms with Gasteiger partial charge >= 0.3 is 0 Å². The number of thioether (sulfide) groups is 1. The Labute approximate surface area is 121 Å². The lowest BCUT2D eigenvalue weighted by Crippen LogP contribution is -2.43. The second kappa shape index (κ2) is 5.53. The van der Waals surface area contributed by atoms with Gasteiger partial charge in [-0.2, -0.15) is 16.1 Å². The van der Waals surface area contributed by atoms with Gasteiger partial charge in [-0.3, -0.25) is 0 Å². The summed E-state index contributed by atoms with van der Waals surface area (Å²) >= 11 is 5.16. The summed E-state index contributed by atoms with van der Waals surface area (Å²) in [5, 5.41) is 0.686. The van der Waals surface area contributed by atoms with Crippen molar-refractivity contribution in [2.45, 2.75) is 29.2 Å². The summed E-state index contributed by atoms with van der Waals surface area (Å²) in [4.78, 5) is 0.364. The lowest BCUT2D eigenvalue weighted by molar-refractivity contribution is 0.405. The molecule has 1 aromatic carbocycles. The van der Waals surface area contributed by atoms with Crippen LogP contribution in [0.4, 0.5) is 0 Å². The first-order chi connectivity index (χ1) is 8.39. The fourth-order valence-electron chi connectivity index (χ4n) is 2.10. The minimum Gasteiger partial charge on any atom is -0.207 e. The zero-order chi connectivity index (χ0) is 13.3. The highest BCUT2D eigenvalue weighted by atomic mass is 79.9. The summed E-state index contributed by atoms with van der Waals surface area (Å²) in [6.07, 6.45) is 0. The molecule has 100 valence electrons. The first-order valence-corrected chi connectivity index (χ1v) is 8.98. The van der Waals surface area contributed by atoms with Crippen molar-refractivity contribution in [3.05, 3.63) is 28.7 Å². The molecule has 1 saturated heterocycles. The molecule has 0 aromatic heterocycles. The van der Waals surface area contributed by atoms with Gasteiger partial charge < -0.3 is 0 Å². The SMILES string of the molecule is CC1CN(S(=O)(=O)c2cccc(Br)c2)CC(C)S1. The van der Waals surface area contributed by atoms with Crippen molar-refractivity contribution in [2.24, 2.45) is 0 Å². The van der Waals surface area contributed by atoms with E-state index >= 15 is 0 Å². The standard InChI is InChI=1S/C12H16BrNO2S2/c1-9-7-14(8-10(2)17-9)18(15,16)12-5-3-4-11(13)6-12/h3-6,9-10H,7-8H2,1-2H3. The Morgan fingerprint density at radius 2 is 1.89 bits per heavy atom. The van der Waals surface area contributed by atoms with Crippen LogP contribution in [-0.2, 0) is 10.0 Å². The van der Waals surface area contributed by atoms with E-state index in [1.165, 1.54) is 0 Å². The maximum absolute atomic E-state index is 12.5. The number of halogens is 1. The average molecular weight is 350 g/mol. The largest absolute Gasteiger partial charge is 0.243 e. The van der Waals surface area contributed by atoms with Crippen LogP contribution in [-0.4, -0.2) is 36.3 Å². The van der Waals surface area contributed by atoms with Crippen molar-refractivity contribution in [3.63, 3.8) is 0 Å². The number of rotatable bonds is 2. The van der Waals surface area contributed by atoms with Crippen molar-refractivity contribution in [1.29, 1.82) is 0 Å². The second-order valence-corrected chi connectivity index (χ2v) is 9.27. The molecular weight excluding hydrogens is 334 g/mol. The van der Waals surface area contributed by atoms with Crippen molar-refractivity contribution in [2.75, 3.05) is 13.1 Å². The molecule has 1 aliphatic heterocycles. The van der Waals surface area contributed by atoms with Crippen molar-refractivity contribution in [3.8, 4) is 0 Å². The van der Waals surface area contributed by atoms with Gasteiger partial charge in [-0.05, 0) is 18.2 Å². The Morgan fingerprint density at radius 3 is 2.44 bits per heavy atom. The summed E-state index contributed by atoms with van der Waals surface area (Å²) in [5.41, 5.74) is 0. The molecule has 2 atom stereocenters. The van der Waals surface area contributed by atoms with Crippen LogP contribution < -0.4 is 0 Å². The molecule has 0 radical (unpaired) electrons.